The lowest BCUT2D eigenvalue weighted by molar-refractivity contribution is 0.580. The van der Waals surface area contributed by atoms with E-state index in [9.17, 15) is 8.42 Å². The minimum Gasteiger partial charge on any atom is -0.348 e. The highest BCUT2D eigenvalue weighted by molar-refractivity contribution is 7.89. The van der Waals surface area contributed by atoms with Crippen molar-refractivity contribution in [1.29, 1.82) is 0 Å². The van der Waals surface area contributed by atoms with Crippen molar-refractivity contribution in [2.75, 3.05) is 12.0 Å². The number of nitrogens with one attached hydrogen (secondary N) is 3. The summed E-state index contributed by atoms with van der Waals surface area (Å²) in [6.45, 7) is 3.80. The lowest BCUT2D eigenvalue weighted by Crippen LogP contribution is -2.27. The third-order valence-electron chi connectivity index (χ3n) is 3.14. The van der Waals surface area contributed by atoms with E-state index in [1.165, 1.54) is 0 Å². The second-order valence-corrected chi connectivity index (χ2v) is 6.51. The molecule has 0 aliphatic heterocycles. The van der Waals surface area contributed by atoms with Gasteiger partial charge in [0.2, 0.25) is 10.0 Å². The molecule has 5 N–H and O–H groups in total. The number of sulfonamides is 1. The molecule has 1 aromatic carbocycles. The second-order valence-electron chi connectivity index (χ2n) is 4.81. The molecule has 0 amide bonds. The quantitative estimate of drug-likeness (QED) is 0.466. The highest BCUT2D eigenvalue weighted by Crippen LogP contribution is 2.23. The third kappa shape index (κ3) is 3.60. The molecular formula is C13H19N5O2S. The summed E-state index contributed by atoms with van der Waals surface area (Å²) in [5.41, 5.74) is 5.39. The van der Waals surface area contributed by atoms with Gasteiger partial charge in [-0.2, -0.15) is 0 Å². The van der Waals surface area contributed by atoms with Gasteiger partial charge in [-0.15, -0.1) is 0 Å². The number of imidazole rings is 1. The minimum atomic E-state index is -3.55. The number of nitrogens with zero attached hydrogens (tertiary/aromatic N) is 1. The molecule has 0 bridgehead atoms. The van der Waals surface area contributed by atoms with Crippen LogP contribution in [0.2, 0.25) is 0 Å². The van der Waals surface area contributed by atoms with E-state index in [0.29, 0.717) is 34.7 Å². The topological polar surface area (TPSA) is 113 Å². The zero-order chi connectivity index (χ0) is 15.5. The van der Waals surface area contributed by atoms with E-state index in [0.717, 1.165) is 5.69 Å². The summed E-state index contributed by atoms with van der Waals surface area (Å²) in [5.74, 6) is 5.36. The maximum Gasteiger partial charge on any atom is 0.241 e. The number of benzene rings is 1. The first-order chi connectivity index (χ1) is 9.94. The average molecular weight is 309 g/mol. The lowest BCUT2D eigenvalue weighted by atomic mass is 10.1. The molecule has 1 heterocycles. The van der Waals surface area contributed by atoms with Crippen molar-refractivity contribution in [1.82, 2.24) is 14.7 Å². The van der Waals surface area contributed by atoms with Gasteiger partial charge in [0.1, 0.15) is 0 Å². The van der Waals surface area contributed by atoms with Crippen LogP contribution in [0.1, 0.15) is 16.8 Å². The van der Waals surface area contributed by atoms with E-state index in [2.05, 4.69) is 20.1 Å². The molecule has 2 aromatic rings. The van der Waals surface area contributed by atoms with Gasteiger partial charge < -0.3 is 10.4 Å². The average Bonchev–Trinajstić information content (AvgIpc) is 2.90. The first-order valence-electron chi connectivity index (χ1n) is 6.49. The summed E-state index contributed by atoms with van der Waals surface area (Å²) in [7, 11) is -3.55. The van der Waals surface area contributed by atoms with Crippen LogP contribution in [-0.4, -0.2) is 24.9 Å². The molecule has 0 saturated heterocycles. The molecule has 1 aromatic heterocycles. The van der Waals surface area contributed by atoms with Crippen LogP contribution in [0, 0.1) is 13.8 Å². The van der Waals surface area contributed by atoms with Crippen LogP contribution in [0.5, 0.6) is 0 Å². The highest BCUT2D eigenvalue weighted by Gasteiger charge is 2.19. The number of aromatic amines is 1. The van der Waals surface area contributed by atoms with Crippen molar-refractivity contribution in [3.8, 4) is 0 Å². The monoisotopic (exact) mass is 309 g/mol. The Morgan fingerprint density at radius 2 is 1.95 bits per heavy atom. The molecule has 0 aliphatic carbocycles. The number of aromatic nitrogens is 2. The van der Waals surface area contributed by atoms with Crippen LogP contribution in [0.15, 0.2) is 29.6 Å². The summed E-state index contributed by atoms with van der Waals surface area (Å²) in [5, 5.41) is 0. The van der Waals surface area contributed by atoms with E-state index in [1.54, 1.807) is 38.5 Å². The molecular weight excluding hydrogens is 290 g/mol. The molecule has 2 rings (SSSR count). The van der Waals surface area contributed by atoms with E-state index in [-0.39, 0.29) is 0 Å². The van der Waals surface area contributed by atoms with Gasteiger partial charge in [-0.05, 0) is 37.1 Å². The molecule has 114 valence electrons. The Kier molecular flexibility index (Phi) is 4.61. The van der Waals surface area contributed by atoms with Crippen molar-refractivity contribution >= 4 is 15.7 Å². The predicted octanol–water partition coefficient (Wildman–Crippen LogP) is 0.833. The van der Waals surface area contributed by atoms with Gasteiger partial charge in [-0.3, -0.25) is 5.84 Å². The SMILES string of the molecule is Cc1cc(NN)cc(C)c1S(=O)(=O)NCCc1cnc[nH]1. The van der Waals surface area contributed by atoms with E-state index in [4.69, 9.17) is 5.84 Å². The number of rotatable bonds is 6. The fourth-order valence-electron chi connectivity index (χ4n) is 2.27. The van der Waals surface area contributed by atoms with Gasteiger partial charge in [0.25, 0.3) is 0 Å². The van der Waals surface area contributed by atoms with E-state index < -0.39 is 10.0 Å². The molecule has 0 radical (unpaired) electrons. The molecule has 0 spiro atoms. The lowest BCUT2D eigenvalue weighted by Gasteiger charge is -2.13. The molecule has 7 nitrogen and oxygen atoms in total. The smallest absolute Gasteiger partial charge is 0.241 e. The van der Waals surface area contributed by atoms with Gasteiger partial charge >= 0.3 is 0 Å². The van der Waals surface area contributed by atoms with Crippen LogP contribution in [0.4, 0.5) is 5.69 Å². The van der Waals surface area contributed by atoms with Crippen LogP contribution < -0.4 is 16.0 Å². The molecule has 0 unspecified atom stereocenters. The number of anilines is 1. The maximum absolute atomic E-state index is 12.4. The Balaban J connectivity index is 2.15. The normalized spacial score (nSPS) is 11.6. The fraction of sp³-hybridized carbons (Fsp3) is 0.308. The summed E-state index contributed by atoms with van der Waals surface area (Å²) >= 11 is 0. The van der Waals surface area contributed by atoms with Gasteiger partial charge in [-0.1, -0.05) is 0 Å². The fourth-order valence-corrected chi connectivity index (χ4v) is 3.75. The van der Waals surface area contributed by atoms with Crippen molar-refractivity contribution in [2.45, 2.75) is 25.2 Å². The van der Waals surface area contributed by atoms with Crippen molar-refractivity contribution in [3.05, 3.63) is 41.5 Å². The van der Waals surface area contributed by atoms with Gasteiger partial charge in [0.15, 0.2) is 0 Å². The number of nitrogens with two attached hydrogens (primary N) is 1. The predicted molar refractivity (Wildman–Crippen MR) is 81.2 cm³/mol. The zero-order valence-corrected chi connectivity index (χ0v) is 12.8. The van der Waals surface area contributed by atoms with Crippen LogP contribution in [0.3, 0.4) is 0 Å². The molecule has 0 fully saturated rings. The first kappa shape index (κ1) is 15.5. The minimum absolute atomic E-state index is 0.297. The second kappa shape index (κ2) is 6.25. The number of nitrogen functional groups attached to an aromatic ring is 1. The van der Waals surface area contributed by atoms with E-state index >= 15 is 0 Å². The van der Waals surface area contributed by atoms with Crippen LogP contribution >= 0.6 is 0 Å². The third-order valence-corrected chi connectivity index (χ3v) is 4.90. The number of hydrogen-bond acceptors (Lipinski definition) is 5. The Morgan fingerprint density at radius 3 is 2.48 bits per heavy atom. The maximum atomic E-state index is 12.4. The largest absolute Gasteiger partial charge is 0.348 e. The Labute approximate surface area is 124 Å². The summed E-state index contributed by atoms with van der Waals surface area (Å²) in [6.07, 6.45) is 3.79. The highest BCUT2D eigenvalue weighted by atomic mass is 32.2. The molecule has 0 atom stereocenters. The van der Waals surface area contributed by atoms with Crippen molar-refractivity contribution in [3.63, 3.8) is 0 Å². The van der Waals surface area contributed by atoms with E-state index in [1.807, 2.05) is 0 Å². The number of aryl methyl sites for hydroxylation is 2. The number of hydrazine groups is 1. The van der Waals surface area contributed by atoms with Gasteiger partial charge in [0, 0.05) is 30.5 Å². The number of H-pyrrole nitrogens is 1. The summed E-state index contributed by atoms with van der Waals surface area (Å²) < 4.78 is 27.4. The van der Waals surface area contributed by atoms with Crippen LogP contribution in [-0.2, 0) is 16.4 Å². The Morgan fingerprint density at radius 1 is 1.29 bits per heavy atom. The van der Waals surface area contributed by atoms with Gasteiger partial charge in [-0.25, -0.2) is 18.1 Å². The summed E-state index contributed by atoms with van der Waals surface area (Å²) in [6, 6.07) is 3.41. The Hall–Kier alpha value is -1.90. The van der Waals surface area contributed by atoms with Crippen molar-refractivity contribution < 1.29 is 8.42 Å². The molecule has 21 heavy (non-hydrogen) atoms. The standard InChI is InChI=1S/C13H19N5O2S/c1-9-5-12(18-14)6-10(2)13(9)21(19,20)17-4-3-11-7-15-8-16-11/h5-8,17-18H,3-4,14H2,1-2H3,(H,15,16). The Bertz CT molecular complexity index is 687. The first-order valence-corrected chi connectivity index (χ1v) is 7.97. The van der Waals surface area contributed by atoms with Crippen LogP contribution in [0.25, 0.3) is 0 Å². The van der Waals surface area contributed by atoms with Gasteiger partial charge in [0.05, 0.1) is 11.2 Å². The molecule has 8 heteroatoms. The molecule has 0 aliphatic rings. The zero-order valence-electron chi connectivity index (χ0n) is 12.0. The summed E-state index contributed by atoms with van der Waals surface area (Å²) in [4.78, 5) is 7.12. The van der Waals surface area contributed by atoms with Crippen molar-refractivity contribution in [2.24, 2.45) is 5.84 Å². The number of hydrogen-bond donors (Lipinski definition) is 4. The molecule has 0 saturated carbocycles.